The first-order valence-electron chi connectivity index (χ1n) is 22.3. The van der Waals surface area contributed by atoms with Crippen LogP contribution in [0.25, 0.3) is 39.3 Å². The molecule has 13 rings (SSSR count). The van der Waals surface area contributed by atoms with Gasteiger partial charge in [0, 0.05) is 56.0 Å². The summed E-state index contributed by atoms with van der Waals surface area (Å²) in [5, 5.41) is 13.4. The predicted molar refractivity (Wildman–Crippen MR) is 231 cm³/mol. The molecule has 2 atom stereocenters. The predicted octanol–water partition coefficient (Wildman–Crippen LogP) is 6.12. The van der Waals surface area contributed by atoms with Gasteiger partial charge < -0.3 is 14.6 Å². The number of amides is 1. The largest absolute Gasteiger partial charge is 0.438 e. The first kappa shape index (κ1) is 39.6. The van der Waals surface area contributed by atoms with Gasteiger partial charge in [-0.1, -0.05) is 12.1 Å². The highest BCUT2D eigenvalue weighted by Crippen LogP contribution is 2.45. The van der Waals surface area contributed by atoms with Gasteiger partial charge in [0.2, 0.25) is 0 Å². The van der Waals surface area contributed by atoms with Crippen LogP contribution in [0, 0.1) is 17.6 Å². The van der Waals surface area contributed by atoms with Crippen molar-refractivity contribution >= 4 is 28.0 Å². The van der Waals surface area contributed by atoms with Crippen LogP contribution in [0.1, 0.15) is 108 Å². The summed E-state index contributed by atoms with van der Waals surface area (Å²) in [6.45, 7) is 4.06. The second kappa shape index (κ2) is 15.3. The third kappa shape index (κ3) is 6.81. The average Bonchev–Trinajstić information content (AvgIpc) is 3.77. The van der Waals surface area contributed by atoms with E-state index in [1.807, 2.05) is 4.68 Å². The fourth-order valence-corrected chi connectivity index (χ4v) is 9.88. The zero-order chi connectivity index (χ0) is 44.1. The van der Waals surface area contributed by atoms with E-state index in [1.54, 1.807) is 52.4 Å². The summed E-state index contributed by atoms with van der Waals surface area (Å²) < 4.78 is 47.3. The van der Waals surface area contributed by atoms with Crippen molar-refractivity contribution in [3.63, 3.8) is 0 Å². The van der Waals surface area contributed by atoms with E-state index in [2.05, 4.69) is 36.7 Å². The van der Waals surface area contributed by atoms with E-state index in [1.165, 1.54) is 21.4 Å². The molecule has 3 aliphatic carbocycles. The van der Waals surface area contributed by atoms with Crippen LogP contribution < -0.4 is 11.4 Å². The lowest BCUT2D eigenvalue weighted by Crippen LogP contribution is -2.36. The van der Waals surface area contributed by atoms with Gasteiger partial charge in [0.25, 0.3) is 5.91 Å². The number of ether oxygens (including phenoxy) is 1. The molecule has 1 amide bonds. The van der Waals surface area contributed by atoms with Gasteiger partial charge in [-0.25, -0.2) is 33.0 Å². The maximum atomic E-state index is 16.1. The first-order chi connectivity index (χ1) is 31.7. The molecule has 65 heavy (non-hydrogen) atoms. The number of imidazole rings is 1. The number of carbonyl (C=O) groups is 1. The van der Waals surface area contributed by atoms with Crippen LogP contribution in [0.3, 0.4) is 0 Å². The van der Waals surface area contributed by atoms with Crippen LogP contribution in [0.4, 0.5) is 8.78 Å². The Morgan fingerprint density at radius 3 is 2.49 bits per heavy atom. The third-order valence-corrected chi connectivity index (χ3v) is 13.7. The molecule has 19 heteroatoms. The standard InChI is InChI=1S/C40H36F2N10O3.C6H8N2O2/c41-28-6-7-33(25-3-1-2-24(25)28)52-38(50-15-14-49(40(50)54)35-9-8-34-26(36(35)42)19-44-51(34)23-4-5-23)27-21-48(13-10-29(27)47-52)39(53)31-18-30-37(46-31)43-20-32(45-30)22-11-16-55-17-12-22;1-3-2-4(3)5-7-6(9)10-8-5/h6-9,14-15,18-20,22-23H,1-5,10-13,16-17,21H2,(H,43,46);3-4H,2H2,1H3,(H,7,8,9). The quantitative estimate of drug-likeness (QED) is 0.189. The molecule has 2 aliphatic heterocycles. The lowest BCUT2D eigenvalue weighted by molar-refractivity contribution is 0.0729. The van der Waals surface area contributed by atoms with E-state index in [0.29, 0.717) is 107 Å². The van der Waals surface area contributed by atoms with Gasteiger partial charge >= 0.3 is 11.4 Å². The molecule has 0 bridgehead atoms. The Morgan fingerprint density at radius 2 is 1.71 bits per heavy atom. The number of aromatic amines is 2. The fraction of sp³-hybridized carbons (Fsp3) is 0.391. The lowest BCUT2D eigenvalue weighted by atomic mass is 9.97. The highest BCUT2D eigenvalue weighted by Gasteiger charge is 2.37. The summed E-state index contributed by atoms with van der Waals surface area (Å²) in [7, 11) is 0. The molecular weight excluding hydrogens is 839 g/mol. The number of benzene rings is 2. The minimum Gasteiger partial charge on any atom is -0.381 e. The Balaban J connectivity index is 0.000000392. The van der Waals surface area contributed by atoms with Crippen molar-refractivity contribution in [2.75, 3.05) is 19.8 Å². The molecule has 5 aliphatic rings. The second-order valence-electron chi connectivity index (χ2n) is 17.9. The van der Waals surface area contributed by atoms with Crippen molar-refractivity contribution in [1.82, 2.24) is 58.7 Å². The molecular formula is C46H44F2N12O5. The van der Waals surface area contributed by atoms with Crippen LogP contribution >= 0.6 is 0 Å². The highest BCUT2D eigenvalue weighted by molar-refractivity contribution is 5.96. The Kier molecular flexibility index (Phi) is 9.32. The minimum absolute atomic E-state index is 0.104. The maximum Gasteiger partial charge on any atom is 0.438 e. The van der Waals surface area contributed by atoms with E-state index in [-0.39, 0.29) is 35.9 Å². The zero-order valence-corrected chi connectivity index (χ0v) is 35.5. The van der Waals surface area contributed by atoms with Crippen LogP contribution in [0.5, 0.6) is 0 Å². The summed E-state index contributed by atoms with van der Waals surface area (Å²) in [4.78, 5) is 55.9. The molecule has 2 N–H and O–H groups in total. The molecule has 332 valence electrons. The molecule has 1 saturated heterocycles. The van der Waals surface area contributed by atoms with Crippen molar-refractivity contribution in [3.8, 4) is 17.2 Å². The van der Waals surface area contributed by atoms with E-state index >= 15 is 4.39 Å². The van der Waals surface area contributed by atoms with Crippen LogP contribution in [-0.4, -0.2) is 84.4 Å². The number of hydrogen-bond acceptors (Lipinski definition) is 10. The molecule has 2 saturated carbocycles. The van der Waals surface area contributed by atoms with Crippen molar-refractivity contribution in [2.24, 2.45) is 5.92 Å². The summed E-state index contributed by atoms with van der Waals surface area (Å²) in [6.07, 6.45) is 13.9. The molecule has 3 fully saturated rings. The molecule has 8 heterocycles. The monoisotopic (exact) mass is 882 g/mol. The second-order valence-corrected chi connectivity index (χ2v) is 17.9. The number of rotatable bonds is 7. The first-order valence-corrected chi connectivity index (χ1v) is 22.3. The Bertz CT molecular complexity index is 3310. The van der Waals surface area contributed by atoms with Crippen molar-refractivity contribution in [2.45, 2.75) is 89.1 Å². The minimum atomic E-state index is -0.532. The van der Waals surface area contributed by atoms with E-state index < -0.39 is 17.3 Å². The van der Waals surface area contributed by atoms with Gasteiger partial charge in [0.05, 0.1) is 58.6 Å². The van der Waals surface area contributed by atoms with Gasteiger partial charge in [-0.3, -0.25) is 28.1 Å². The zero-order valence-electron chi connectivity index (χ0n) is 35.5. The van der Waals surface area contributed by atoms with Crippen molar-refractivity contribution in [3.05, 3.63) is 127 Å². The third-order valence-electron chi connectivity index (χ3n) is 13.7. The number of carbonyl (C=O) groups excluding carboxylic acids is 1. The SMILES string of the molecule is CC1CC1c1noc(=O)[nH]1.O=C(c1cc2nc(C3CCOCC3)cnc2[nH]1)N1CCc2nn(-c3ccc(F)c4c3CCC4)c(-n3ccn(-c4ccc5c(cnn5C5CC5)c4F)c3=O)c2C1. The average molecular weight is 883 g/mol. The summed E-state index contributed by atoms with van der Waals surface area (Å²) >= 11 is 0. The number of nitrogens with zero attached hydrogens (tertiary/aromatic N) is 10. The van der Waals surface area contributed by atoms with Gasteiger partial charge in [0.1, 0.15) is 22.8 Å². The topological polar surface area (TPSA) is 193 Å². The molecule has 0 spiro atoms. The summed E-state index contributed by atoms with van der Waals surface area (Å²) in [6, 6.07) is 8.60. The van der Waals surface area contributed by atoms with Gasteiger partial charge in [-0.15, -0.1) is 0 Å². The smallest absolute Gasteiger partial charge is 0.381 e. The van der Waals surface area contributed by atoms with Gasteiger partial charge in [0.15, 0.2) is 17.3 Å². The normalized spacial score (nSPS) is 19.4. The van der Waals surface area contributed by atoms with E-state index in [0.717, 1.165) is 55.5 Å². The number of aromatic nitrogens is 11. The van der Waals surface area contributed by atoms with Gasteiger partial charge in [-0.05, 0) is 98.7 Å². The highest BCUT2D eigenvalue weighted by atomic mass is 19.1. The molecule has 2 aromatic carbocycles. The molecule has 17 nitrogen and oxygen atoms in total. The number of H-pyrrole nitrogens is 2. The Labute approximate surface area is 368 Å². The van der Waals surface area contributed by atoms with Crippen molar-refractivity contribution < 1.29 is 22.8 Å². The van der Waals surface area contributed by atoms with E-state index in [9.17, 15) is 18.8 Å². The molecule has 0 radical (unpaired) electrons. The van der Waals surface area contributed by atoms with Crippen molar-refractivity contribution in [1.29, 1.82) is 0 Å². The fourth-order valence-electron chi connectivity index (χ4n) is 9.88. The molecule has 6 aromatic heterocycles. The lowest BCUT2D eigenvalue weighted by Gasteiger charge is -2.26. The molecule has 2 unspecified atom stereocenters. The number of hydrogen-bond donors (Lipinski definition) is 2. The van der Waals surface area contributed by atoms with Crippen LogP contribution in [0.15, 0.2) is 69.2 Å². The van der Waals surface area contributed by atoms with Gasteiger partial charge in [-0.2, -0.15) is 10.2 Å². The summed E-state index contributed by atoms with van der Waals surface area (Å²) in [5.74, 6) is 1.02. The Morgan fingerprint density at radius 1 is 0.908 bits per heavy atom. The van der Waals surface area contributed by atoms with Crippen LogP contribution in [0.2, 0.25) is 0 Å². The molecule has 8 aromatic rings. The number of nitrogens with one attached hydrogen (secondary N) is 2. The number of halogens is 2. The van der Waals surface area contributed by atoms with E-state index in [4.69, 9.17) is 14.8 Å². The maximum absolute atomic E-state index is 16.1. The number of fused-ring (bicyclic) bond motifs is 4. The summed E-state index contributed by atoms with van der Waals surface area (Å²) in [5.41, 5.74) is 6.32. The Hall–Kier alpha value is -7.02. The van der Waals surface area contributed by atoms with Crippen LogP contribution in [-0.2, 0) is 30.5 Å².